The molecule has 1 fully saturated rings. The quantitative estimate of drug-likeness (QED) is 0.525. The summed E-state index contributed by atoms with van der Waals surface area (Å²) in [7, 11) is 0. The summed E-state index contributed by atoms with van der Waals surface area (Å²) in [6.07, 6.45) is 10.5. The van der Waals surface area contributed by atoms with Gasteiger partial charge in [-0.05, 0) is 37.8 Å². The molecule has 0 heterocycles. The summed E-state index contributed by atoms with van der Waals surface area (Å²) < 4.78 is 6.21. The van der Waals surface area contributed by atoms with Crippen molar-refractivity contribution in [2.75, 3.05) is 0 Å². The molecular formula is C19H26O. The molecule has 0 radical (unpaired) electrons. The van der Waals surface area contributed by atoms with Gasteiger partial charge in [0.15, 0.2) is 0 Å². The van der Waals surface area contributed by atoms with Gasteiger partial charge in [0.05, 0.1) is 6.10 Å². The Morgan fingerprint density at radius 2 is 1.90 bits per heavy atom. The first-order valence-corrected chi connectivity index (χ1v) is 8.10. The summed E-state index contributed by atoms with van der Waals surface area (Å²) in [5.41, 5.74) is 1.09. The normalized spacial score (nSPS) is 16.6. The fourth-order valence-electron chi connectivity index (χ4n) is 2.70. The van der Waals surface area contributed by atoms with Gasteiger partial charge in [0.2, 0.25) is 0 Å². The van der Waals surface area contributed by atoms with Crippen LogP contribution in [-0.4, -0.2) is 12.2 Å². The Balaban J connectivity index is 1.92. The minimum Gasteiger partial charge on any atom is -0.362 e. The fraction of sp³-hybridized carbons (Fsp3) is 0.579. The van der Waals surface area contributed by atoms with Crippen molar-refractivity contribution in [2.24, 2.45) is 0 Å². The SMILES string of the molecule is CCCCCC(C#Cc1ccccc1)OC1CCCC1. The zero-order valence-corrected chi connectivity index (χ0v) is 12.6. The third kappa shape index (κ3) is 5.39. The Kier molecular flexibility index (Phi) is 6.68. The predicted molar refractivity (Wildman–Crippen MR) is 84.6 cm³/mol. The Morgan fingerprint density at radius 1 is 1.15 bits per heavy atom. The van der Waals surface area contributed by atoms with E-state index < -0.39 is 0 Å². The van der Waals surface area contributed by atoms with Gasteiger partial charge in [0.25, 0.3) is 0 Å². The van der Waals surface area contributed by atoms with E-state index in [-0.39, 0.29) is 6.10 Å². The Labute approximate surface area is 123 Å². The van der Waals surface area contributed by atoms with Crippen LogP contribution in [0.3, 0.4) is 0 Å². The molecule has 0 bridgehead atoms. The van der Waals surface area contributed by atoms with Crippen molar-refractivity contribution < 1.29 is 4.74 Å². The highest BCUT2D eigenvalue weighted by molar-refractivity contribution is 5.34. The zero-order valence-electron chi connectivity index (χ0n) is 12.6. The summed E-state index contributed by atoms with van der Waals surface area (Å²) in [5, 5.41) is 0. The van der Waals surface area contributed by atoms with Gasteiger partial charge in [0, 0.05) is 5.56 Å². The van der Waals surface area contributed by atoms with E-state index in [0.717, 1.165) is 12.0 Å². The van der Waals surface area contributed by atoms with Crippen molar-refractivity contribution >= 4 is 0 Å². The van der Waals surface area contributed by atoms with Crippen molar-refractivity contribution in [2.45, 2.75) is 70.5 Å². The van der Waals surface area contributed by atoms with Crippen LogP contribution < -0.4 is 0 Å². The van der Waals surface area contributed by atoms with Crippen LogP contribution in [0.2, 0.25) is 0 Å². The van der Waals surface area contributed by atoms with E-state index in [1.165, 1.54) is 44.9 Å². The average Bonchev–Trinajstić information content (AvgIpc) is 2.99. The van der Waals surface area contributed by atoms with E-state index in [0.29, 0.717) is 6.10 Å². The standard InChI is InChI=1S/C19H26O/c1-2-3-5-12-19(20-18-13-8-9-14-18)16-15-17-10-6-4-7-11-17/h4,6-7,10-11,18-19H,2-3,5,8-9,12-14H2,1H3. The second-order valence-corrected chi connectivity index (χ2v) is 5.66. The van der Waals surface area contributed by atoms with Gasteiger partial charge in [-0.3, -0.25) is 0 Å². The Bertz CT molecular complexity index is 420. The van der Waals surface area contributed by atoms with Gasteiger partial charge in [-0.15, -0.1) is 0 Å². The molecule has 1 heteroatoms. The predicted octanol–water partition coefficient (Wildman–Crippen LogP) is 4.95. The maximum Gasteiger partial charge on any atom is 0.118 e. The minimum atomic E-state index is 0.116. The molecule has 1 saturated carbocycles. The molecule has 1 aliphatic carbocycles. The summed E-state index contributed by atoms with van der Waals surface area (Å²) in [6.45, 7) is 2.24. The lowest BCUT2D eigenvalue weighted by Crippen LogP contribution is -2.18. The molecule has 1 atom stereocenters. The van der Waals surface area contributed by atoms with Crippen LogP contribution in [0.25, 0.3) is 0 Å². The highest BCUT2D eigenvalue weighted by Gasteiger charge is 2.19. The molecule has 1 aliphatic rings. The molecule has 0 aliphatic heterocycles. The van der Waals surface area contributed by atoms with Gasteiger partial charge >= 0.3 is 0 Å². The van der Waals surface area contributed by atoms with Gasteiger partial charge < -0.3 is 4.74 Å². The van der Waals surface area contributed by atoms with E-state index in [2.05, 4.69) is 30.9 Å². The van der Waals surface area contributed by atoms with Crippen molar-refractivity contribution in [3.05, 3.63) is 35.9 Å². The largest absolute Gasteiger partial charge is 0.362 e. The van der Waals surface area contributed by atoms with Crippen molar-refractivity contribution in [1.82, 2.24) is 0 Å². The van der Waals surface area contributed by atoms with E-state index >= 15 is 0 Å². The van der Waals surface area contributed by atoms with E-state index in [4.69, 9.17) is 4.74 Å². The number of benzene rings is 1. The van der Waals surface area contributed by atoms with Crippen LogP contribution >= 0.6 is 0 Å². The lowest BCUT2D eigenvalue weighted by Gasteiger charge is -2.17. The highest BCUT2D eigenvalue weighted by atomic mass is 16.5. The van der Waals surface area contributed by atoms with Gasteiger partial charge in [-0.25, -0.2) is 0 Å². The molecule has 2 rings (SSSR count). The maximum absolute atomic E-state index is 6.21. The first-order chi connectivity index (χ1) is 9.88. The minimum absolute atomic E-state index is 0.116. The molecule has 0 aromatic heterocycles. The van der Waals surface area contributed by atoms with E-state index in [1.807, 2.05) is 18.2 Å². The molecule has 1 aromatic carbocycles. The molecule has 1 unspecified atom stereocenters. The lowest BCUT2D eigenvalue weighted by atomic mass is 10.1. The molecule has 108 valence electrons. The summed E-state index contributed by atoms with van der Waals surface area (Å²) in [5.74, 6) is 6.62. The zero-order chi connectivity index (χ0) is 14.0. The van der Waals surface area contributed by atoms with Crippen LogP contribution in [-0.2, 0) is 4.74 Å². The number of rotatable bonds is 6. The number of hydrogen-bond acceptors (Lipinski definition) is 1. The van der Waals surface area contributed by atoms with Crippen LogP contribution in [0.4, 0.5) is 0 Å². The van der Waals surface area contributed by atoms with Crippen molar-refractivity contribution in [3.63, 3.8) is 0 Å². The van der Waals surface area contributed by atoms with Crippen molar-refractivity contribution in [1.29, 1.82) is 0 Å². The van der Waals surface area contributed by atoms with Crippen LogP contribution in [0, 0.1) is 11.8 Å². The summed E-state index contributed by atoms with van der Waals surface area (Å²) in [6, 6.07) is 10.2. The second-order valence-electron chi connectivity index (χ2n) is 5.66. The number of hydrogen-bond donors (Lipinski definition) is 0. The molecule has 20 heavy (non-hydrogen) atoms. The molecule has 0 saturated heterocycles. The maximum atomic E-state index is 6.21. The smallest absolute Gasteiger partial charge is 0.118 e. The molecule has 1 aromatic rings. The summed E-state index contributed by atoms with van der Waals surface area (Å²) >= 11 is 0. The van der Waals surface area contributed by atoms with E-state index in [9.17, 15) is 0 Å². The van der Waals surface area contributed by atoms with Crippen LogP contribution in [0.5, 0.6) is 0 Å². The first-order valence-electron chi connectivity index (χ1n) is 8.10. The topological polar surface area (TPSA) is 9.23 Å². The third-order valence-electron chi connectivity index (χ3n) is 3.88. The van der Waals surface area contributed by atoms with E-state index in [1.54, 1.807) is 0 Å². The summed E-state index contributed by atoms with van der Waals surface area (Å²) in [4.78, 5) is 0. The molecular weight excluding hydrogens is 244 g/mol. The lowest BCUT2D eigenvalue weighted by molar-refractivity contribution is 0.0178. The van der Waals surface area contributed by atoms with Crippen LogP contribution in [0.15, 0.2) is 30.3 Å². The number of ether oxygens (including phenoxy) is 1. The van der Waals surface area contributed by atoms with Gasteiger partial charge in [-0.2, -0.15) is 0 Å². The monoisotopic (exact) mass is 270 g/mol. The number of unbranched alkanes of at least 4 members (excludes halogenated alkanes) is 2. The fourth-order valence-corrected chi connectivity index (χ4v) is 2.70. The van der Waals surface area contributed by atoms with Gasteiger partial charge in [-0.1, -0.05) is 62.6 Å². The molecule has 0 spiro atoms. The van der Waals surface area contributed by atoms with Crippen LogP contribution in [0.1, 0.15) is 63.9 Å². The molecule has 0 N–H and O–H groups in total. The highest BCUT2D eigenvalue weighted by Crippen LogP contribution is 2.23. The third-order valence-corrected chi connectivity index (χ3v) is 3.88. The molecule has 1 nitrogen and oxygen atoms in total. The Hall–Kier alpha value is -1.26. The molecule has 0 amide bonds. The Morgan fingerprint density at radius 3 is 2.60 bits per heavy atom. The van der Waals surface area contributed by atoms with Gasteiger partial charge in [0.1, 0.15) is 6.10 Å². The first kappa shape index (κ1) is 15.1. The average molecular weight is 270 g/mol. The second kappa shape index (κ2) is 8.82. The van der Waals surface area contributed by atoms with Crippen molar-refractivity contribution in [3.8, 4) is 11.8 Å².